The third-order valence-corrected chi connectivity index (χ3v) is 6.13. The number of likely N-dealkylation sites (N-methyl/N-ethyl adjacent to an activating group) is 1. The zero-order valence-electron chi connectivity index (χ0n) is 15.9. The van der Waals surface area contributed by atoms with Gasteiger partial charge in [0.05, 0.1) is 37.6 Å². The maximum Gasteiger partial charge on any atom is 0.260 e. The summed E-state index contributed by atoms with van der Waals surface area (Å²) in [5.41, 5.74) is 0.692. The van der Waals surface area contributed by atoms with Crippen LogP contribution in [0.2, 0.25) is 0 Å². The minimum atomic E-state index is -3.50. The fraction of sp³-hybridized carbons (Fsp3) is 0.611. The van der Waals surface area contributed by atoms with Gasteiger partial charge in [-0.1, -0.05) is 6.92 Å². The Morgan fingerprint density at radius 2 is 1.96 bits per heavy atom. The van der Waals surface area contributed by atoms with Gasteiger partial charge in [0.15, 0.2) is 6.61 Å². The van der Waals surface area contributed by atoms with Crippen molar-refractivity contribution < 1.29 is 22.8 Å². The van der Waals surface area contributed by atoms with Crippen molar-refractivity contribution in [2.45, 2.75) is 32.1 Å². The van der Waals surface area contributed by atoms with Crippen molar-refractivity contribution >= 4 is 15.9 Å². The van der Waals surface area contributed by atoms with E-state index >= 15 is 0 Å². The van der Waals surface area contributed by atoms with Gasteiger partial charge in [0.25, 0.3) is 5.91 Å². The van der Waals surface area contributed by atoms with E-state index in [1.54, 1.807) is 19.1 Å². The van der Waals surface area contributed by atoms with Crippen LogP contribution >= 0.6 is 0 Å². The maximum absolute atomic E-state index is 12.3. The molecule has 1 aliphatic rings. The van der Waals surface area contributed by atoms with Crippen LogP contribution in [0.25, 0.3) is 0 Å². The predicted octanol–water partition coefficient (Wildman–Crippen LogP) is -0.191. The number of piperazine rings is 1. The first kappa shape index (κ1) is 20.7. The quantitative estimate of drug-likeness (QED) is 0.651. The summed E-state index contributed by atoms with van der Waals surface area (Å²) in [7, 11) is -3.50. The number of nitrogens with one attached hydrogen (secondary N) is 2. The number of hydrogen-bond acceptors (Lipinski definition) is 4. The Labute approximate surface area is 156 Å². The summed E-state index contributed by atoms with van der Waals surface area (Å²) in [5, 5.41) is 0. The molecule has 0 unspecified atom stereocenters. The molecule has 1 aromatic rings. The number of hydrogen-bond donors (Lipinski definition) is 2. The molecule has 7 nitrogen and oxygen atoms in total. The van der Waals surface area contributed by atoms with Gasteiger partial charge in [-0.05, 0) is 44.0 Å². The first-order chi connectivity index (χ1) is 12.4. The number of quaternary nitrogens is 1. The van der Waals surface area contributed by atoms with Crippen LogP contribution in [0.15, 0.2) is 23.1 Å². The van der Waals surface area contributed by atoms with E-state index in [1.807, 2.05) is 11.8 Å². The molecule has 26 heavy (non-hydrogen) atoms. The first-order valence-electron chi connectivity index (χ1n) is 9.21. The molecule has 0 aliphatic carbocycles. The van der Waals surface area contributed by atoms with E-state index < -0.39 is 10.0 Å². The molecule has 0 saturated carbocycles. The molecular formula is C18H30N3O4S+. The number of sulfonamides is 1. The van der Waals surface area contributed by atoms with Gasteiger partial charge in [-0.2, -0.15) is 0 Å². The Kier molecular flexibility index (Phi) is 7.43. The lowest BCUT2D eigenvalue weighted by atomic mass is 10.2. The Morgan fingerprint density at radius 1 is 1.27 bits per heavy atom. The largest absolute Gasteiger partial charge is 0.483 e. The minimum Gasteiger partial charge on any atom is -0.483 e. The molecule has 146 valence electrons. The highest BCUT2D eigenvalue weighted by molar-refractivity contribution is 7.89. The van der Waals surface area contributed by atoms with E-state index in [-0.39, 0.29) is 17.4 Å². The highest BCUT2D eigenvalue weighted by Gasteiger charge is 2.23. The molecule has 0 atom stereocenters. The number of ether oxygens (including phenoxy) is 1. The average Bonchev–Trinajstić information content (AvgIpc) is 2.65. The second-order valence-electron chi connectivity index (χ2n) is 6.60. The van der Waals surface area contributed by atoms with E-state index in [9.17, 15) is 13.2 Å². The van der Waals surface area contributed by atoms with Gasteiger partial charge in [-0.3, -0.25) is 4.79 Å². The fourth-order valence-electron chi connectivity index (χ4n) is 2.93. The highest BCUT2D eigenvalue weighted by atomic mass is 32.2. The van der Waals surface area contributed by atoms with Crippen molar-refractivity contribution in [2.75, 3.05) is 45.9 Å². The van der Waals surface area contributed by atoms with Crippen LogP contribution in [0, 0.1) is 6.92 Å². The lowest BCUT2D eigenvalue weighted by molar-refractivity contribution is -0.902. The SMILES string of the molecule is CCCNS(=O)(=O)c1ccc(OCC(=O)N2CC[NH+](CC)CC2)c(C)c1. The summed E-state index contributed by atoms with van der Waals surface area (Å²) in [6.07, 6.45) is 0.732. The lowest BCUT2D eigenvalue weighted by Crippen LogP contribution is -3.14. The molecule has 1 saturated heterocycles. The Bertz CT molecular complexity index is 713. The molecule has 0 spiro atoms. The fourth-order valence-corrected chi connectivity index (χ4v) is 4.15. The van der Waals surface area contributed by atoms with E-state index in [1.165, 1.54) is 11.0 Å². The molecule has 1 aliphatic heterocycles. The maximum atomic E-state index is 12.3. The normalized spacial score (nSPS) is 15.9. The molecule has 1 aromatic carbocycles. The molecule has 1 amide bonds. The van der Waals surface area contributed by atoms with Gasteiger partial charge in [0, 0.05) is 6.54 Å². The van der Waals surface area contributed by atoms with Crippen LogP contribution in [0.5, 0.6) is 5.75 Å². The molecular weight excluding hydrogens is 354 g/mol. The molecule has 0 aromatic heterocycles. The zero-order valence-corrected chi connectivity index (χ0v) is 16.7. The smallest absolute Gasteiger partial charge is 0.260 e. The number of benzene rings is 1. The summed E-state index contributed by atoms with van der Waals surface area (Å²) < 4.78 is 32.5. The van der Waals surface area contributed by atoms with Crippen molar-refractivity contribution in [1.29, 1.82) is 0 Å². The topological polar surface area (TPSA) is 80.1 Å². The number of carbonyl (C=O) groups excluding carboxylic acids is 1. The minimum absolute atomic E-state index is 0.0253. The van der Waals surface area contributed by atoms with E-state index in [0.29, 0.717) is 17.9 Å². The summed E-state index contributed by atoms with van der Waals surface area (Å²) in [4.78, 5) is 15.9. The molecule has 0 radical (unpaired) electrons. The van der Waals surface area contributed by atoms with Crippen LogP contribution in [-0.4, -0.2) is 65.1 Å². The Hall–Kier alpha value is -1.64. The molecule has 2 N–H and O–H groups in total. The average molecular weight is 385 g/mol. The molecule has 1 fully saturated rings. The van der Waals surface area contributed by atoms with Gasteiger partial charge < -0.3 is 14.5 Å². The van der Waals surface area contributed by atoms with Crippen molar-refractivity contribution in [3.05, 3.63) is 23.8 Å². The van der Waals surface area contributed by atoms with Gasteiger partial charge in [-0.25, -0.2) is 13.1 Å². The van der Waals surface area contributed by atoms with Crippen molar-refractivity contribution in [3.8, 4) is 5.75 Å². The van der Waals surface area contributed by atoms with Crippen LogP contribution < -0.4 is 14.4 Å². The number of carbonyl (C=O) groups is 1. The number of aryl methyl sites for hydroxylation is 1. The highest BCUT2D eigenvalue weighted by Crippen LogP contribution is 2.21. The van der Waals surface area contributed by atoms with E-state index in [4.69, 9.17) is 4.74 Å². The Balaban J connectivity index is 1.93. The van der Waals surface area contributed by atoms with Crippen molar-refractivity contribution in [3.63, 3.8) is 0 Å². The predicted molar refractivity (Wildman–Crippen MR) is 100.0 cm³/mol. The van der Waals surface area contributed by atoms with Crippen LogP contribution in [-0.2, 0) is 14.8 Å². The third kappa shape index (κ3) is 5.43. The number of nitrogens with zero attached hydrogens (tertiary/aromatic N) is 1. The van der Waals surface area contributed by atoms with Gasteiger partial charge >= 0.3 is 0 Å². The molecule has 0 bridgehead atoms. The monoisotopic (exact) mass is 384 g/mol. The van der Waals surface area contributed by atoms with Gasteiger partial charge in [-0.15, -0.1) is 0 Å². The Morgan fingerprint density at radius 3 is 2.54 bits per heavy atom. The van der Waals surface area contributed by atoms with Crippen LogP contribution in [0.1, 0.15) is 25.8 Å². The molecule has 8 heteroatoms. The second-order valence-corrected chi connectivity index (χ2v) is 8.37. The summed E-state index contributed by atoms with van der Waals surface area (Å²) in [5.74, 6) is 0.506. The van der Waals surface area contributed by atoms with Crippen LogP contribution in [0.3, 0.4) is 0 Å². The zero-order chi connectivity index (χ0) is 19.2. The third-order valence-electron chi connectivity index (χ3n) is 4.67. The van der Waals surface area contributed by atoms with E-state index in [0.717, 1.165) is 39.1 Å². The summed E-state index contributed by atoms with van der Waals surface area (Å²) >= 11 is 0. The van der Waals surface area contributed by atoms with Crippen molar-refractivity contribution in [2.24, 2.45) is 0 Å². The number of amides is 1. The first-order valence-corrected chi connectivity index (χ1v) is 10.7. The standard InChI is InChI=1S/C18H29N3O4S/c1-4-8-19-26(23,24)16-6-7-17(15(3)13-16)25-14-18(22)21-11-9-20(5-2)10-12-21/h6-7,13,19H,4-5,8-12,14H2,1-3H3/p+1. The van der Waals surface area contributed by atoms with Crippen molar-refractivity contribution in [1.82, 2.24) is 9.62 Å². The lowest BCUT2D eigenvalue weighted by Gasteiger charge is -2.31. The van der Waals surface area contributed by atoms with Crippen LogP contribution in [0.4, 0.5) is 0 Å². The summed E-state index contributed by atoms with van der Waals surface area (Å²) in [6, 6.07) is 4.69. The second kappa shape index (κ2) is 9.34. The molecule has 1 heterocycles. The molecule has 2 rings (SSSR count). The number of rotatable bonds is 8. The summed E-state index contributed by atoms with van der Waals surface area (Å²) in [6.45, 7) is 10.8. The van der Waals surface area contributed by atoms with E-state index in [2.05, 4.69) is 11.6 Å². The van der Waals surface area contributed by atoms with Gasteiger partial charge in [0.1, 0.15) is 5.75 Å². The van der Waals surface area contributed by atoms with Gasteiger partial charge in [0.2, 0.25) is 10.0 Å².